The van der Waals surface area contributed by atoms with E-state index in [2.05, 4.69) is 20.6 Å². The van der Waals surface area contributed by atoms with Crippen LogP contribution in [0.1, 0.15) is 64.2 Å². The zero-order valence-electron chi connectivity index (χ0n) is 12.3. The highest BCUT2D eigenvalue weighted by Gasteiger charge is 2.16. The Morgan fingerprint density at radius 3 is 2.10 bits per heavy atom. The molecule has 0 unspecified atom stereocenters. The molecule has 2 aliphatic rings. The van der Waals surface area contributed by atoms with E-state index in [0.717, 1.165) is 11.8 Å². The number of rotatable bonds is 4. The highest BCUT2D eigenvalue weighted by Crippen LogP contribution is 2.22. The number of anilines is 2. The van der Waals surface area contributed by atoms with Gasteiger partial charge in [0.1, 0.15) is 5.82 Å². The van der Waals surface area contributed by atoms with Crippen LogP contribution in [0.25, 0.3) is 0 Å². The van der Waals surface area contributed by atoms with Gasteiger partial charge < -0.3 is 10.6 Å². The lowest BCUT2D eigenvalue weighted by molar-refractivity contribution is 0.617. The second kappa shape index (κ2) is 6.91. The molecule has 2 saturated carbocycles. The van der Waals surface area contributed by atoms with Crippen LogP contribution in [0.4, 0.5) is 11.8 Å². The van der Waals surface area contributed by atoms with Crippen molar-refractivity contribution in [1.29, 1.82) is 0 Å². The maximum absolute atomic E-state index is 4.63. The van der Waals surface area contributed by atoms with E-state index < -0.39 is 0 Å². The van der Waals surface area contributed by atoms with Crippen molar-refractivity contribution in [3.8, 4) is 0 Å². The summed E-state index contributed by atoms with van der Waals surface area (Å²) >= 11 is 0. The molecule has 2 aliphatic carbocycles. The summed E-state index contributed by atoms with van der Waals surface area (Å²) in [4.78, 5) is 8.98. The van der Waals surface area contributed by atoms with Crippen LogP contribution in [0, 0.1) is 0 Å². The molecule has 0 amide bonds. The van der Waals surface area contributed by atoms with Crippen molar-refractivity contribution < 1.29 is 0 Å². The maximum Gasteiger partial charge on any atom is 0.224 e. The predicted molar refractivity (Wildman–Crippen MR) is 83.0 cm³/mol. The molecule has 1 aromatic heterocycles. The second-order valence-corrected chi connectivity index (χ2v) is 6.22. The molecule has 4 heteroatoms. The van der Waals surface area contributed by atoms with E-state index in [0.29, 0.717) is 12.1 Å². The zero-order chi connectivity index (χ0) is 13.6. The number of nitrogens with zero attached hydrogens (tertiary/aromatic N) is 2. The van der Waals surface area contributed by atoms with Gasteiger partial charge in [0.25, 0.3) is 0 Å². The summed E-state index contributed by atoms with van der Waals surface area (Å²) in [5.41, 5.74) is 0. The van der Waals surface area contributed by atoms with E-state index in [1.807, 2.05) is 12.3 Å². The zero-order valence-corrected chi connectivity index (χ0v) is 12.3. The first-order valence-electron chi connectivity index (χ1n) is 8.26. The Kier molecular flexibility index (Phi) is 4.72. The van der Waals surface area contributed by atoms with Gasteiger partial charge in [0.2, 0.25) is 5.95 Å². The van der Waals surface area contributed by atoms with E-state index >= 15 is 0 Å². The Morgan fingerprint density at radius 2 is 1.40 bits per heavy atom. The summed E-state index contributed by atoms with van der Waals surface area (Å²) in [7, 11) is 0. The van der Waals surface area contributed by atoms with Gasteiger partial charge in [-0.3, -0.25) is 0 Å². The van der Waals surface area contributed by atoms with E-state index in [4.69, 9.17) is 0 Å². The first-order chi connectivity index (χ1) is 9.90. The standard InChI is InChI=1S/C16H26N4/c1-2-4-8-13(7-3-1)18-15-11-12-17-16(20-15)19-14-9-5-6-10-14/h11-14H,1-10H2,(H2,17,18,19,20). The molecule has 0 spiro atoms. The fourth-order valence-corrected chi connectivity index (χ4v) is 3.39. The van der Waals surface area contributed by atoms with Crippen molar-refractivity contribution in [1.82, 2.24) is 9.97 Å². The molecular formula is C16H26N4. The molecule has 20 heavy (non-hydrogen) atoms. The molecule has 1 aromatic rings. The fourth-order valence-electron chi connectivity index (χ4n) is 3.39. The van der Waals surface area contributed by atoms with Gasteiger partial charge in [-0.05, 0) is 31.7 Å². The van der Waals surface area contributed by atoms with Crippen LogP contribution in [-0.2, 0) is 0 Å². The fraction of sp³-hybridized carbons (Fsp3) is 0.750. The third-order valence-electron chi connectivity index (χ3n) is 4.55. The van der Waals surface area contributed by atoms with Crippen molar-refractivity contribution in [2.24, 2.45) is 0 Å². The average molecular weight is 274 g/mol. The van der Waals surface area contributed by atoms with Gasteiger partial charge in [-0.2, -0.15) is 4.98 Å². The topological polar surface area (TPSA) is 49.8 Å². The van der Waals surface area contributed by atoms with E-state index in [1.165, 1.54) is 64.2 Å². The molecule has 1 heterocycles. The van der Waals surface area contributed by atoms with Crippen LogP contribution in [0.15, 0.2) is 12.3 Å². The summed E-state index contributed by atoms with van der Waals surface area (Å²) in [6, 6.07) is 3.15. The minimum absolute atomic E-state index is 0.572. The van der Waals surface area contributed by atoms with Gasteiger partial charge in [0, 0.05) is 18.3 Å². The normalized spacial score (nSPS) is 21.6. The molecule has 3 rings (SSSR count). The Morgan fingerprint density at radius 1 is 0.800 bits per heavy atom. The molecule has 0 atom stereocenters. The summed E-state index contributed by atoms with van der Waals surface area (Å²) < 4.78 is 0. The lowest BCUT2D eigenvalue weighted by Crippen LogP contribution is -2.21. The third kappa shape index (κ3) is 3.84. The predicted octanol–water partition coefficient (Wildman–Crippen LogP) is 3.97. The van der Waals surface area contributed by atoms with Crippen LogP contribution in [0.5, 0.6) is 0 Å². The van der Waals surface area contributed by atoms with E-state index in [9.17, 15) is 0 Å². The van der Waals surface area contributed by atoms with Crippen molar-refractivity contribution in [3.63, 3.8) is 0 Å². The molecule has 110 valence electrons. The number of aromatic nitrogens is 2. The van der Waals surface area contributed by atoms with Crippen LogP contribution in [-0.4, -0.2) is 22.1 Å². The number of hydrogen-bond donors (Lipinski definition) is 2. The summed E-state index contributed by atoms with van der Waals surface area (Å²) in [5.74, 6) is 1.77. The highest BCUT2D eigenvalue weighted by atomic mass is 15.2. The largest absolute Gasteiger partial charge is 0.367 e. The molecule has 2 N–H and O–H groups in total. The van der Waals surface area contributed by atoms with Crippen LogP contribution in [0.3, 0.4) is 0 Å². The van der Waals surface area contributed by atoms with Crippen molar-refractivity contribution in [2.75, 3.05) is 10.6 Å². The van der Waals surface area contributed by atoms with Gasteiger partial charge in [0.15, 0.2) is 0 Å². The Bertz CT molecular complexity index is 407. The van der Waals surface area contributed by atoms with Crippen molar-refractivity contribution in [3.05, 3.63) is 12.3 Å². The molecule has 0 saturated heterocycles. The first-order valence-corrected chi connectivity index (χ1v) is 8.26. The van der Waals surface area contributed by atoms with Crippen LogP contribution >= 0.6 is 0 Å². The number of nitrogens with one attached hydrogen (secondary N) is 2. The molecule has 2 fully saturated rings. The average Bonchev–Trinajstić information content (AvgIpc) is 2.82. The number of hydrogen-bond acceptors (Lipinski definition) is 4. The Balaban J connectivity index is 1.58. The van der Waals surface area contributed by atoms with Crippen LogP contribution < -0.4 is 10.6 Å². The maximum atomic E-state index is 4.63. The minimum Gasteiger partial charge on any atom is -0.367 e. The first kappa shape index (κ1) is 13.7. The quantitative estimate of drug-likeness (QED) is 0.816. The Hall–Kier alpha value is -1.32. The van der Waals surface area contributed by atoms with Gasteiger partial charge >= 0.3 is 0 Å². The molecule has 0 aliphatic heterocycles. The Labute approximate surface area is 121 Å². The van der Waals surface area contributed by atoms with E-state index in [1.54, 1.807) is 0 Å². The van der Waals surface area contributed by atoms with Gasteiger partial charge in [0.05, 0.1) is 0 Å². The van der Waals surface area contributed by atoms with Gasteiger partial charge in [-0.1, -0.05) is 38.5 Å². The lowest BCUT2D eigenvalue weighted by Gasteiger charge is -2.18. The van der Waals surface area contributed by atoms with Crippen molar-refractivity contribution >= 4 is 11.8 Å². The lowest BCUT2D eigenvalue weighted by atomic mass is 10.1. The summed E-state index contributed by atoms with van der Waals surface area (Å²) in [5, 5.41) is 7.06. The second-order valence-electron chi connectivity index (χ2n) is 6.22. The van der Waals surface area contributed by atoms with Gasteiger partial charge in [-0.25, -0.2) is 4.98 Å². The third-order valence-corrected chi connectivity index (χ3v) is 4.55. The van der Waals surface area contributed by atoms with Gasteiger partial charge in [-0.15, -0.1) is 0 Å². The highest BCUT2D eigenvalue weighted by molar-refractivity contribution is 5.40. The monoisotopic (exact) mass is 274 g/mol. The summed E-state index contributed by atoms with van der Waals surface area (Å²) in [6.07, 6.45) is 15.0. The molecular weight excluding hydrogens is 248 g/mol. The van der Waals surface area contributed by atoms with E-state index in [-0.39, 0.29) is 0 Å². The molecule has 4 nitrogen and oxygen atoms in total. The molecule has 0 bridgehead atoms. The minimum atomic E-state index is 0.572. The summed E-state index contributed by atoms with van der Waals surface area (Å²) in [6.45, 7) is 0. The smallest absolute Gasteiger partial charge is 0.224 e. The SMILES string of the molecule is c1cc(NC2CCCCCC2)nc(NC2CCCC2)n1. The van der Waals surface area contributed by atoms with Crippen molar-refractivity contribution in [2.45, 2.75) is 76.3 Å². The molecule has 0 aromatic carbocycles. The molecule has 0 radical (unpaired) electrons. The van der Waals surface area contributed by atoms with Crippen LogP contribution in [0.2, 0.25) is 0 Å².